The van der Waals surface area contributed by atoms with Crippen molar-refractivity contribution in [1.29, 1.82) is 5.41 Å². The zero-order chi connectivity index (χ0) is 5.44. The smallest absolute Gasteiger partial charge is 0.251 e. The van der Waals surface area contributed by atoms with Crippen molar-refractivity contribution in [2.75, 3.05) is 0 Å². The first-order valence-corrected chi connectivity index (χ1v) is 1.86. The Balaban J connectivity index is 2.48. The van der Waals surface area contributed by atoms with E-state index >= 15 is 0 Å². The van der Waals surface area contributed by atoms with Crippen molar-refractivity contribution >= 4 is 11.7 Å². The topological polar surface area (TPSA) is 88.9 Å². The van der Waals surface area contributed by atoms with Crippen LogP contribution in [0.3, 0.4) is 0 Å². The summed E-state index contributed by atoms with van der Waals surface area (Å²) in [5.41, 5.74) is 4.89. The molecule has 4 nitrogen and oxygen atoms in total. The van der Waals surface area contributed by atoms with Gasteiger partial charge in [0.2, 0.25) is 0 Å². The highest BCUT2D eigenvalue weighted by Gasteiger charge is 2.36. The van der Waals surface area contributed by atoms with Crippen molar-refractivity contribution in [3.8, 4) is 0 Å². The van der Waals surface area contributed by atoms with Gasteiger partial charge in [0.05, 0.1) is 0 Å². The zero-order valence-corrected chi connectivity index (χ0v) is 3.56. The minimum atomic E-state index is -0.458. The SMILES string of the molecule is N=C(N)C1NC1=O. The molecular formula is C3H5N3O. The summed E-state index contributed by atoms with van der Waals surface area (Å²) in [6.45, 7) is 0. The maximum atomic E-state index is 10.00. The fraction of sp³-hybridized carbons (Fsp3) is 0.333. The van der Waals surface area contributed by atoms with Gasteiger partial charge in [-0.15, -0.1) is 0 Å². The van der Waals surface area contributed by atoms with Crippen LogP contribution in [-0.2, 0) is 4.79 Å². The monoisotopic (exact) mass is 99.0 g/mol. The van der Waals surface area contributed by atoms with Crippen LogP contribution in [0.5, 0.6) is 0 Å². The van der Waals surface area contributed by atoms with E-state index in [1.54, 1.807) is 0 Å². The summed E-state index contributed by atoms with van der Waals surface area (Å²) >= 11 is 0. The van der Waals surface area contributed by atoms with Gasteiger partial charge in [-0.05, 0) is 0 Å². The van der Waals surface area contributed by atoms with Crippen molar-refractivity contribution < 1.29 is 4.79 Å². The van der Waals surface area contributed by atoms with Gasteiger partial charge in [0.15, 0.2) is 6.04 Å². The molecule has 38 valence electrons. The van der Waals surface area contributed by atoms with Crippen molar-refractivity contribution in [2.45, 2.75) is 6.04 Å². The van der Waals surface area contributed by atoms with Crippen LogP contribution in [0.15, 0.2) is 0 Å². The Morgan fingerprint density at radius 2 is 2.43 bits per heavy atom. The van der Waals surface area contributed by atoms with Crippen LogP contribution in [0.1, 0.15) is 0 Å². The van der Waals surface area contributed by atoms with Crippen LogP contribution in [0.4, 0.5) is 0 Å². The van der Waals surface area contributed by atoms with Crippen LogP contribution in [-0.4, -0.2) is 17.8 Å². The Labute approximate surface area is 40.2 Å². The fourth-order valence-corrected chi connectivity index (χ4v) is 0.320. The molecule has 0 aromatic heterocycles. The molecule has 0 aromatic carbocycles. The van der Waals surface area contributed by atoms with E-state index in [1.165, 1.54) is 0 Å². The molecule has 0 spiro atoms. The van der Waals surface area contributed by atoms with Gasteiger partial charge in [0.25, 0.3) is 5.91 Å². The van der Waals surface area contributed by atoms with E-state index in [4.69, 9.17) is 11.1 Å². The van der Waals surface area contributed by atoms with E-state index in [9.17, 15) is 4.79 Å². The lowest BCUT2D eigenvalue weighted by Gasteiger charge is -1.78. The molecule has 0 radical (unpaired) electrons. The van der Waals surface area contributed by atoms with Gasteiger partial charge in [-0.1, -0.05) is 0 Å². The Kier molecular flexibility index (Phi) is 0.563. The molecule has 1 unspecified atom stereocenters. The lowest BCUT2D eigenvalue weighted by Crippen LogP contribution is -2.19. The average molecular weight is 99.1 g/mol. The normalized spacial score (nSPS) is 26.3. The second-order valence-electron chi connectivity index (χ2n) is 1.40. The molecule has 1 fully saturated rings. The van der Waals surface area contributed by atoms with E-state index in [1.807, 2.05) is 0 Å². The van der Waals surface area contributed by atoms with E-state index in [0.717, 1.165) is 0 Å². The van der Waals surface area contributed by atoms with Gasteiger partial charge in [-0.25, -0.2) is 0 Å². The molecule has 1 atom stereocenters. The largest absolute Gasteiger partial charge is 0.385 e. The summed E-state index contributed by atoms with van der Waals surface area (Å²) < 4.78 is 0. The third kappa shape index (κ3) is 0.534. The number of carbonyl (C=O) groups is 1. The summed E-state index contributed by atoms with van der Waals surface area (Å²) in [5, 5.41) is 8.98. The first-order chi connectivity index (χ1) is 3.22. The van der Waals surface area contributed by atoms with E-state index in [0.29, 0.717) is 0 Å². The Bertz CT molecular complexity index is 130. The molecule has 1 amide bonds. The molecule has 4 N–H and O–H groups in total. The van der Waals surface area contributed by atoms with Gasteiger partial charge < -0.3 is 11.1 Å². The van der Waals surface area contributed by atoms with Crippen molar-refractivity contribution in [3.63, 3.8) is 0 Å². The molecule has 0 aliphatic carbocycles. The number of hydrogen-bond donors (Lipinski definition) is 3. The number of nitrogens with two attached hydrogens (primary N) is 1. The Morgan fingerprint density at radius 3 is 2.43 bits per heavy atom. The number of nitrogens with one attached hydrogen (secondary N) is 2. The van der Waals surface area contributed by atoms with Crippen LogP contribution < -0.4 is 11.1 Å². The van der Waals surface area contributed by atoms with E-state index < -0.39 is 6.04 Å². The van der Waals surface area contributed by atoms with Gasteiger partial charge >= 0.3 is 0 Å². The van der Waals surface area contributed by atoms with E-state index in [2.05, 4.69) is 5.32 Å². The summed E-state index contributed by atoms with van der Waals surface area (Å²) in [6.07, 6.45) is 0. The maximum absolute atomic E-state index is 10.00. The summed E-state index contributed by atoms with van der Waals surface area (Å²) in [6, 6.07) is -0.458. The van der Waals surface area contributed by atoms with Gasteiger partial charge in [-0.3, -0.25) is 10.2 Å². The lowest BCUT2D eigenvalue weighted by atomic mass is 10.4. The maximum Gasteiger partial charge on any atom is 0.251 e. The fourth-order valence-electron chi connectivity index (χ4n) is 0.320. The molecule has 1 saturated heterocycles. The van der Waals surface area contributed by atoms with Crippen LogP contribution in [0, 0.1) is 5.41 Å². The molecule has 0 aromatic rings. The predicted molar refractivity (Wildman–Crippen MR) is 23.8 cm³/mol. The standard InChI is InChI=1S/C3H5N3O/c4-2(5)1-3(7)6-1/h1H,(H3,4,5)(H,6,7). The van der Waals surface area contributed by atoms with E-state index in [-0.39, 0.29) is 11.7 Å². The molecule has 0 bridgehead atoms. The number of carbonyl (C=O) groups excluding carboxylic acids is 1. The van der Waals surface area contributed by atoms with Crippen LogP contribution in [0.2, 0.25) is 0 Å². The summed E-state index contributed by atoms with van der Waals surface area (Å²) in [7, 11) is 0. The number of hydrogen-bond acceptors (Lipinski definition) is 2. The Hall–Kier alpha value is -1.06. The predicted octanol–water partition coefficient (Wildman–Crippen LogP) is -1.58. The molecule has 0 saturated carbocycles. The van der Waals surface area contributed by atoms with Crippen molar-refractivity contribution in [3.05, 3.63) is 0 Å². The van der Waals surface area contributed by atoms with Crippen LogP contribution >= 0.6 is 0 Å². The number of amidine groups is 1. The van der Waals surface area contributed by atoms with Gasteiger partial charge in [-0.2, -0.15) is 0 Å². The quantitative estimate of drug-likeness (QED) is 0.210. The molecule has 1 aliphatic heterocycles. The third-order valence-electron chi connectivity index (χ3n) is 0.776. The first kappa shape index (κ1) is 4.11. The van der Waals surface area contributed by atoms with Gasteiger partial charge in [0, 0.05) is 0 Å². The highest BCUT2D eigenvalue weighted by molar-refractivity contribution is 6.16. The Morgan fingerprint density at radius 1 is 2.00 bits per heavy atom. The molecule has 1 rings (SSSR count). The lowest BCUT2D eigenvalue weighted by molar-refractivity contribution is -0.110. The molecule has 1 heterocycles. The molecular weight excluding hydrogens is 94.1 g/mol. The highest BCUT2D eigenvalue weighted by atomic mass is 16.2. The number of amides is 1. The minimum absolute atomic E-state index is 0.0926. The first-order valence-electron chi connectivity index (χ1n) is 1.86. The van der Waals surface area contributed by atoms with Crippen LogP contribution in [0.25, 0.3) is 0 Å². The average Bonchev–Trinajstić information content (AvgIpc) is 2.17. The number of rotatable bonds is 1. The summed E-state index contributed by atoms with van der Waals surface area (Å²) in [4.78, 5) is 10.00. The molecule has 7 heavy (non-hydrogen) atoms. The minimum Gasteiger partial charge on any atom is -0.385 e. The van der Waals surface area contributed by atoms with Crippen molar-refractivity contribution in [2.24, 2.45) is 5.73 Å². The second kappa shape index (κ2) is 0.959. The second-order valence-corrected chi connectivity index (χ2v) is 1.40. The highest BCUT2D eigenvalue weighted by Crippen LogP contribution is 1.96. The van der Waals surface area contributed by atoms with Crippen molar-refractivity contribution in [1.82, 2.24) is 5.32 Å². The zero-order valence-electron chi connectivity index (χ0n) is 3.56. The summed E-state index contributed by atoms with van der Waals surface area (Å²) in [5.74, 6) is -0.238. The molecule has 4 heteroatoms. The molecule has 1 aliphatic rings. The van der Waals surface area contributed by atoms with Gasteiger partial charge in [0.1, 0.15) is 5.84 Å². The third-order valence-corrected chi connectivity index (χ3v) is 0.776.